The standard InChI is InChI=1S/C29H29N5O4S.C4H7NO/c1-18(20-14-21(24-11-12-34(2)33-24)16-22(15-20)26-8-5-13-39-26)30-28(36)23-7-4-3-6-19(23)9-10-27(35)31-32-29(37)25-17-38-25;6-3-5-4-1-2-4/h3-8,11-16,18,25H,9-10,17H2,1-2H3,(H,30,36)(H,31,35)(H,32,37);3-4H,1-2H2,(H,5,6). The lowest BCUT2D eigenvalue weighted by molar-refractivity contribution is -0.129. The molecule has 0 radical (unpaired) electrons. The van der Waals surface area contributed by atoms with Crippen molar-refractivity contribution in [1.29, 1.82) is 0 Å². The van der Waals surface area contributed by atoms with Gasteiger partial charge in [-0.3, -0.25) is 34.7 Å². The lowest BCUT2D eigenvalue weighted by atomic mass is 9.97. The summed E-state index contributed by atoms with van der Waals surface area (Å²) in [4.78, 5) is 47.9. The second-order valence-electron chi connectivity index (χ2n) is 11.0. The van der Waals surface area contributed by atoms with Crippen LogP contribution in [0.15, 0.2) is 72.2 Å². The van der Waals surface area contributed by atoms with Crippen LogP contribution in [0.5, 0.6) is 0 Å². The molecule has 4 aromatic rings. The molecule has 2 aliphatic rings. The summed E-state index contributed by atoms with van der Waals surface area (Å²) in [5.74, 6) is -0.940. The second-order valence-corrected chi connectivity index (χ2v) is 11.9. The Morgan fingerprint density at radius 2 is 1.84 bits per heavy atom. The molecule has 6 rings (SSSR count). The number of hydrogen-bond donors (Lipinski definition) is 4. The third-order valence-electron chi connectivity index (χ3n) is 7.33. The van der Waals surface area contributed by atoms with Crippen molar-refractivity contribution in [2.24, 2.45) is 7.05 Å². The molecule has 11 nitrogen and oxygen atoms in total. The predicted molar refractivity (Wildman–Crippen MR) is 171 cm³/mol. The molecule has 4 N–H and O–H groups in total. The summed E-state index contributed by atoms with van der Waals surface area (Å²) in [5.41, 5.74) is 9.85. The highest BCUT2D eigenvalue weighted by Crippen LogP contribution is 2.32. The van der Waals surface area contributed by atoms with Gasteiger partial charge in [0.2, 0.25) is 12.3 Å². The maximum absolute atomic E-state index is 13.4. The first kappa shape index (κ1) is 31.6. The molecule has 0 spiro atoms. The van der Waals surface area contributed by atoms with E-state index in [-0.39, 0.29) is 30.2 Å². The predicted octanol–water partition coefficient (Wildman–Crippen LogP) is 3.68. The first-order valence-electron chi connectivity index (χ1n) is 14.8. The van der Waals surface area contributed by atoms with Gasteiger partial charge in [0, 0.05) is 41.7 Å². The molecule has 1 aliphatic heterocycles. The Kier molecular flexibility index (Phi) is 10.4. The highest BCUT2D eigenvalue weighted by molar-refractivity contribution is 7.13. The van der Waals surface area contributed by atoms with Gasteiger partial charge in [0.1, 0.15) is 0 Å². The van der Waals surface area contributed by atoms with Crippen LogP contribution < -0.4 is 21.5 Å². The normalized spacial score (nSPS) is 15.6. The Balaban J connectivity index is 0.000000598. The van der Waals surface area contributed by atoms with E-state index < -0.39 is 6.10 Å². The van der Waals surface area contributed by atoms with Crippen LogP contribution in [0.1, 0.15) is 53.7 Å². The molecular weight excluding hydrogens is 592 g/mol. The van der Waals surface area contributed by atoms with Crippen LogP contribution in [-0.2, 0) is 32.6 Å². The summed E-state index contributed by atoms with van der Waals surface area (Å²) < 4.78 is 6.65. The van der Waals surface area contributed by atoms with Crippen molar-refractivity contribution in [3.05, 3.63) is 88.9 Å². The number of hydrogen-bond acceptors (Lipinski definition) is 7. The molecule has 3 heterocycles. The van der Waals surface area contributed by atoms with Gasteiger partial charge in [0.25, 0.3) is 11.8 Å². The molecule has 1 aliphatic carbocycles. The molecule has 2 unspecified atom stereocenters. The lowest BCUT2D eigenvalue weighted by Gasteiger charge is -2.18. The zero-order valence-corrected chi connectivity index (χ0v) is 25.9. The molecule has 2 atom stereocenters. The van der Waals surface area contributed by atoms with Crippen molar-refractivity contribution in [1.82, 2.24) is 31.3 Å². The average Bonchev–Trinajstić information content (AvgIpc) is 3.97. The summed E-state index contributed by atoms with van der Waals surface area (Å²) in [6, 6.07) is 19.8. The molecule has 45 heavy (non-hydrogen) atoms. The number of ether oxygens (including phenoxy) is 1. The first-order chi connectivity index (χ1) is 21.8. The smallest absolute Gasteiger partial charge is 0.269 e. The quantitative estimate of drug-likeness (QED) is 0.113. The van der Waals surface area contributed by atoms with E-state index in [1.54, 1.807) is 28.2 Å². The Morgan fingerprint density at radius 1 is 1.07 bits per heavy atom. The molecule has 1 saturated heterocycles. The van der Waals surface area contributed by atoms with Crippen LogP contribution in [0, 0.1) is 0 Å². The number of benzene rings is 2. The van der Waals surface area contributed by atoms with Crippen molar-refractivity contribution in [3.8, 4) is 21.7 Å². The number of thiophene rings is 1. The first-order valence-corrected chi connectivity index (χ1v) is 15.7. The number of epoxide rings is 1. The third-order valence-corrected chi connectivity index (χ3v) is 8.25. The summed E-state index contributed by atoms with van der Waals surface area (Å²) in [7, 11) is 1.89. The number of nitrogens with one attached hydrogen (secondary N) is 4. The van der Waals surface area contributed by atoms with Crippen molar-refractivity contribution >= 4 is 35.5 Å². The van der Waals surface area contributed by atoms with Crippen LogP contribution in [0.25, 0.3) is 21.7 Å². The van der Waals surface area contributed by atoms with Gasteiger partial charge in [0.05, 0.1) is 18.3 Å². The Labute approximate surface area is 265 Å². The third kappa shape index (κ3) is 9.10. The number of aromatic nitrogens is 2. The monoisotopic (exact) mass is 628 g/mol. The van der Waals surface area contributed by atoms with Crippen LogP contribution in [0.4, 0.5) is 0 Å². The maximum atomic E-state index is 13.4. The summed E-state index contributed by atoms with van der Waals surface area (Å²) in [6.45, 7) is 2.32. The SMILES string of the molecule is CC(NC(=O)c1ccccc1CCC(=O)NNC(=O)C1CO1)c1cc(-c2ccn(C)n2)cc(-c2cccs2)c1.O=CNC1CC1. The molecule has 234 valence electrons. The summed E-state index contributed by atoms with van der Waals surface area (Å²) in [6.07, 6.45) is 5.00. The topological polar surface area (TPSA) is 147 Å². The molecular formula is C33H36N6O5S. The van der Waals surface area contributed by atoms with E-state index in [4.69, 9.17) is 4.74 Å². The van der Waals surface area contributed by atoms with E-state index in [0.29, 0.717) is 24.6 Å². The van der Waals surface area contributed by atoms with Gasteiger partial charge in [-0.05, 0) is 84.7 Å². The molecule has 2 aromatic carbocycles. The summed E-state index contributed by atoms with van der Waals surface area (Å²) in [5, 5.41) is 12.4. The number of amides is 4. The minimum absolute atomic E-state index is 0.113. The fraction of sp³-hybridized carbons (Fsp3) is 0.303. The van der Waals surface area contributed by atoms with E-state index in [1.165, 1.54) is 12.8 Å². The van der Waals surface area contributed by atoms with Crippen LogP contribution >= 0.6 is 11.3 Å². The zero-order chi connectivity index (χ0) is 31.8. The van der Waals surface area contributed by atoms with Gasteiger partial charge < -0.3 is 15.4 Å². The highest BCUT2D eigenvalue weighted by Gasteiger charge is 2.31. The second kappa shape index (κ2) is 14.8. The van der Waals surface area contributed by atoms with E-state index >= 15 is 0 Å². The fourth-order valence-corrected chi connectivity index (χ4v) is 5.30. The minimum atomic E-state index is -0.484. The molecule has 12 heteroatoms. The lowest BCUT2D eigenvalue weighted by Crippen LogP contribution is -2.43. The number of aryl methyl sites for hydroxylation is 2. The summed E-state index contributed by atoms with van der Waals surface area (Å²) >= 11 is 1.66. The van der Waals surface area contributed by atoms with Crippen LogP contribution in [-0.4, -0.2) is 52.7 Å². The van der Waals surface area contributed by atoms with E-state index in [2.05, 4.69) is 50.8 Å². The Bertz CT molecular complexity index is 1640. The maximum Gasteiger partial charge on any atom is 0.269 e. The number of nitrogens with zero attached hydrogens (tertiary/aromatic N) is 2. The molecule has 0 bridgehead atoms. The minimum Gasteiger partial charge on any atom is -0.363 e. The van der Waals surface area contributed by atoms with Gasteiger partial charge in [-0.15, -0.1) is 11.3 Å². The molecule has 2 aromatic heterocycles. The number of rotatable bonds is 11. The zero-order valence-electron chi connectivity index (χ0n) is 25.1. The van der Waals surface area contributed by atoms with E-state index in [1.807, 2.05) is 49.8 Å². The fourth-order valence-electron chi connectivity index (χ4n) is 4.59. The Morgan fingerprint density at radius 3 is 2.49 bits per heavy atom. The number of carbonyl (C=O) groups is 4. The Hall–Kier alpha value is -4.81. The van der Waals surface area contributed by atoms with Crippen LogP contribution in [0.3, 0.4) is 0 Å². The van der Waals surface area contributed by atoms with Crippen molar-refractivity contribution in [2.75, 3.05) is 6.61 Å². The van der Waals surface area contributed by atoms with Crippen LogP contribution in [0.2, 0.25) is 0 Å². The van der Waals surface area contributed by atoms with Gasteiger partial charge >= 0.3 is 0 Å². The molecule has 4 amide bonds. The van der Waals surface area contributed by atoms with Gasteiger partial charge in [-0.25, -0.2) is 0 Å². The van der Waals surface area contributed by atoms with Gasteiger partial charge in [-0.2, -0.15) is 5.10 Å². The highest BCUT2D eigenvalue weighted by atomic mass is 32.1. The van der Waals surface area contributed by atoms with Crippen molar-refractivity contribution in [3.63, 3.8) is 0 Å². The van der Waals surface area contributed by atoms with E-state index in [0.717, 1.165) is 39.2 Å². The molecule has 2 fully saturated rings. The molecule has 1 saturated carbocycles. The van der Waals surface area contributed by atoms with Crippen molar-refractivity contribution < 1.29 is 23.9 Å². The van der Waals surface area contributed by atoms with Crippen molar-refractivity contribution in [2.45, 2.75) is 50.8 Å². The largest absolute Gasteiger partial charge is 0.363 e. The number of carbonyl (C=O) groups excluding carboxylic acids is 4. The number of hydrazine groups is 1. The average molecular weight is 629 g/mol. The van der Waals surface area contributed by atoms with Gasteiger partial charge in [-0.1, -0.05) is 24.3 Å². The van der Waals surface area contributed by atoms with E-state index in [9.17, 15) is 19.2 Å². The van der Waals surface area contributed by atoms with Gasteiger partial charge in [0.15, 0.2) is 6.10 Å².